The Bertz CT molecular complexity index is 1110. The minimum atomic E-state index is -0.932. The maximum absolute atomic E-state index is 13.9. The van der Waals surface area contributed by atoms with Gasteiger partial charge in [-0.2, -0.15) is 0 Å². The summed E-state index contributed by atoms with van der Waals surface area (Å²) >= 11 is 0. The van der Waals surface area contributed by atoms with E-state index in [4.69, 9.17) is 4.74 Å². The van der Waals surface area contributed by atoms with Gasteiger partial charge in [0.2, 0.25) is 5.91 Å². The summed E-state index contributed by atoms with van der Waals surface area (Å²) in [5.41, 5.74) is 3.33. The number of nitrogens with zero attached hydrogens (tertiary/aromatic N) is 1. The lowest BCUT2D eigenvalue weighted by atomic mass is 9.97. The van der Waals surface area contributed by atoms with E-state index in [1.165, 1.54) is 4.90 Å². The number of carbonyl (C=O) groups excluding carboxylic acids is 3. The first-order valence-electron chi connectivity index (χ1n) is 12.7. The first-order valence-corrected chi connectivity index (χ1v) is 12.7. The van der Waals surface area contributed by atoms with Crippen LogP contribution in [0.25, 0.3) is 6.08 Å². The average Bonchev–Trinajstić information content (AvgIpc) is 2.81. The molecule has 0 aliphatic heterocycles. The summed E-state index contributed by atoms with van der Waals surface area (Å²) in [5, 5.41) is 5.78. The molecule has 0 aliphatic rings. The van der Waals surface area contributed by atoms with E-state index in [1.807, 2.05) is 77.1 Å². The number of ether oxygens (including phenoxy) is 1. The molecule has 0 spiro atoms. The predicted octanol–water partition coefficient (Wildman–Crippen LogP) is 6.02. The van der Waals surface area contributed by atoms with Crippen LogP contribution in [0.5, 0.6) is 0 Å². The Morgan fingerprint density at radius 3 is 2.16 bits per heavy atom. The highest BCUT2D eigenvalue weighted by atomic mass is 16.6. The Kier molecular flexibility index (Phi) is 10.1. The van der Waals surface area contributed by atoms with E-state index in [1.54, 1.807) is 26.8 Å². The molecule has 0 aromatic heterocycles. The third-order valence-electron chi connectivity index (χ3n) is 5.98. The van der Waals surface area contributed by atoms with Gasteiger partial charge in [-0.25, -0.2) is 4.79 Å². The molecule has 0 saturated carbocycles. The number of hydrogen-bond donors (Lipinski definition) is 2. The standard InChI is InChI=1S/C30H41N3O4/c1-10-22-16-13-17-23(18-22)26(27(34)31-25-20(5)14-12-15-21(25)6)33(11-2)28(35)24(19(3)4)32-29(36)37-30(7,8)9/h10,12-19,24,26H,1,11H2,2-9H3,(H,31,34)(H,32,36). The van der Waals surface area contributed by atoms with Crippen LogP contribution in [0.15, 0.2) is 49.0 Å². The van der Waals surface area contributed by atoms with Crippen LogP contribution in [0, 0.1) is 19.8 Å². The van der Waals surface area contributed by atoms with Gasteiger partial charge in [-0.05, 0) is 75.8 Å². The molecule has 2 atom stereocenters. The zero-order chi connectivity index (χ0) is 27.9. The minimum absolute atomic E-state index is 0.240. The molecule has 2 rings (SSSR count). The summed E-state index contributed by atoms with van der Waals surface area (Å²) in [4.78, 5) is 41.9. The van der Waals surface area contributed by atoms with Crippen molar-refractivity contribution in [1.29, 1.82) is 0 Å². The fourth-order valence-electron chi connectivity index (χ4n) is 4.12. The molecular formula is C30H41N3O4. The van der Waals surface area contributed by atoms with E-state index in [9.17, 15) is 14.4 Å². The van der Waals surface area contributed by atoms with Crippen molar-refractivity contribution in [2.24, 2.45) is 5.92 Å². The number of aryl methyl sites for hydroxylation is 2. The number of likely N-dealkylation sites (N-methyl/N-ethyl adjacent to an activating group) is 1. The lowest BCUT2D eigenvalue weighted by Crippen LogP contribution is -2.54. The van der Waals surface area contributed by atoms with Gasteiger partial charge in [0.15, 0.2) is 0 Å². The molecule has 37 heavy (non-hydrogen) atoms. The molecule has 0 fully saturated rings. The number of amides is 3. The molecule has 2 aromatic rings. The quantitative estimate of drug-likeness (QED) is 0.434. The second-order valence-electron chi connectivity index (χ2n) is 10.5. The molecule has 0 heterocycles. The van der Waals surface area contributed by atoms with Crippen LogP contribution in [-0.4, -0.2) is 41.0 Å². The van der Waals surface area contributed by atoms with E-state index in [0.717, 1.165) is 16.7 Å². The fraction of sp³-hybridized carbons (Fsp3) is 0.433. The van der Waals surface area contributed by atoms with Crippen molar-refractivity contribution in [3.63, 3.8) is 0 Å². The molecule has 3 amide bonds. The highest BCUT2D eigenvalue weighted by Crippen LogP contribution is 2.28. The van der Waals surface area contributed by atoms with Crippen molar-refractivity contribution in [2.75, 3.05) is 11.9 Å². The SMILES string of the molecule is C=Cc1cccc(C(C(=O)Nc2c(C)cccc2C)N(CC)C(=O)C(NC(=O)OC(C)(C)C)C(C)C)c1. The van der Waals surface area contributed by atoms with Gasteiger partial charge in [-0.1, -0.05) is 62.9 Å². The van der Waals surface area contributed by atoms with Crippen LogP contribution in [-0.2, 0) is 14.3 Å². The third-order valence-corrected chi connectivity index (χ3v) is 5.98. The summed E-state index contributed by atoms with van der Waals surface area (Å²) in [6.45, 7) is 18.7. The minimum Gasteiger partial charge on any atom is -0.444 e. The van der Waals surface area contributed by atoms with Gasteiger partial charge >= 0.3 is 6.09 Å². The zero-order valence-corrected chi connectivity index (χ0v) is 23.3. The lowest BCUT2D eigenvalue weighted by molar-refractivity contribution is -0.141. The van der Waals surface area contributed by atoms with Crippen molar-refractivity contribution >= 4 is 29.7 Å². The van der Waals surface area contributed by atoms with Gasteiger partial charge in [-0.3, -0.25) is 9.59 Å². The summed E-state index contributed by atoms with van der Waals surface area (Å²) in [5.74, 6) is -0.946. The number of nitrogens with one attached hydrogen (secondary N) is 2. The zero-order valence-electron chi connectivity index (χ0n) is 23.3. The largest absolute Gasteiger partial charge is 0.444 e. The van der Waals surface area contributed by atoms with Crippen LogP contribution in [0.3, 0.4) is 0 Å². The fourth-order valence-corrected chi connectivity index (χ4v) is 4.12. The maximum Gasteiger partial charge on any atom is 0.408 e. The lowest BCUT2D eigenvalue weighted by Gasteiger charge is -2.35. The topological polar surface area (TPSA) is 87.7 Å². The normalized spacial score (nSPS) is 12.9. The summed E-state index contributed by atoms with van der Waals surface area (Å²) in [6.07, 6.45) is 1.02. The molecule has 2 aromatic carbocycles. The Balaban J connectivity index is 2.52. The molecule has 0 aliphatic carbocycles. The van der Waals surface area contributed by atoms with Gasteiger partial charge in [0.05, 0.1) is 0 Å². The Morgan fingerprint density at radius 2 is 1.65 bits per heavy atom. The Hall–Kier alpha value is -3.61. The van der Waals surface area contributed by atoms with E-state index in [0.29, 0.717) is 11.3 Å². The number of carbonyl (C=O) groups is 3. The highest BCUT2D eigenvalue weighted by Gasteiger charge is 2.37. The highest BCUT2D eigenvalue weighted by molar-refractivity contribution is 6.00. The number of benzene rings is 2. The molecule has 0 bridgehead atoms. The monoisotopic (exact) mass is 507 g/mol. The second-order valence-corrected chi connectivity index (χ2v) is 10.5. The smallest absolute Gasteiger partial charge is 0.408 e. The molecule has 7 nitrogen and oxygen atoms in total. The van der Waals surface area contributed by atoms with Gasteiger partial charge in [0.25, 0.3) is 5.91 Å². The van der Waals surface area contributed by atoms with Crippen molar-refractivity contribution in [2.45, 2.75) is 73.1 Å². The number of para-hydroxylation sites is 1. The number of rotatable bonds is 9. The number of hydrogen-bond acceptors (Lipinski definition) is 4. The van der Waals surface area contributed by atoms with Crippen molar-refractivity contribution in [3.8, 4) is 0 Å². The number of alkyl carbamates (subject to hydrolysis) is 1. The molecule has 200 valence electrons. The molecule has 7 heteroatoms. The first kappa shape index (κ1) is 29.6. The third kappa shape index (κ3) is 7.94. The van der Waals surface area contributed by atoms with Crippen LogP contribution < -0.4 is 10.6 Å². The molecular weight excluding hydrogens is 466 g/mol. The predicted molar refractivity (Wildman–Crippen MR) is 149 cm³/mol. The van der Waals surface area contributed by atoms with Crippen molar-refractivity contribution in [3.05, 3.63) is 71.3 Å². The summed E-state index contributed by atoms with van der Waals surface area (Å²) in [7, 11) is 0. The molecule has 0 radical (unpaired) electrons. The molecule has 0 saturated heterocycles. The van der Waals surface area contributed by atoms with E-state index < -0.39 is 23.8 Å². The van der Waals surface area contributed by atoms with Gasteiger partial charge < -0.3 is 20.3 Å². The van der Waals surface area contributed by atoms with Crippen LogP contribution in [0.4, 0.5) is 10.5 Å². The van der Waals surface area contributed by atoms with Crippen molar-refractivity contribution in [1.82, 2.24) is 10.2 Å². The number of anilines is 1. The Labute approximate surface area is 221 Å². The molecule has 2 unspecified atom stereocenters. The summed E-state index contributed by atoms with van der Waals surface area (Å²) in [6, 6.07) is 11.4. The van der Waals surface area contributed by atoms with E-state index >= 15 is 0 Å². The first-order chi connectivity index (χ1) is 17.3. The maximum atomic E-state index is 13.9. The van der Waals surface area contributed by atoms with E-state index in [2.05, 4.69) is 17.2 Å². The van der Waals surface area contributed by atoms with Gasteiger partial charge in [0.1, 0.15) is 17.7 Å². The van der Waals surface area contributed by atoms with E-state index in [-0.39, 0.29) is 24.3 Å². The van der Waals surface area contributed by atoms with Crippen molar-refractivity contribution < 1.29 is 19.1 Å². The van der Waals surface area contributed by atoms with Gasteiger partial charge in [-0.15, -0.1) is 0 Å². The Morgan fingerprint density at radius 1 is 1.05 bits per heavy atom. The van der Waals surface area contributed by atoms with Crippen LogP contribution >= 0.6 is 0 Å². The summed E-state index contributed by atoms with van der Waals surface area (Å²) < 4.78 is 5.40. The molecule has 2 N–H and O–H groups in total. The van der Waals surface area contributed by atoms with Gasteiger partial charge in [0, 0.05) is 12.2 Å². The van der Waals surface area contributed by atoms with Crippen LogP contribution in [0.1, 0.15) is 69.8 Å². The second kappa shape index (κ2) is 12.6. The van der Waals surface area contributed by atoms with Crippen LogP contribution in [0.2, 0.25) is 0 Å². The average molecular weight is 508 g/mol.